The number of hydrogen-bond donors (Lipinski definition) is 1. The van der Waals surface area contributed by atoms with E-state index in [1.165, 1.54) is 6.07 Å². The average molecular weight is 279 g/mol. The molecule has 0 saturated carbocycles. The van der Waals surface area contributed by atoms with Gasteiger partial charge in [0.25, 0.3) is 0 Å². The molecule has 110 valence electrons. The molecule has 0 spiro atoms. The molecule has 1 aliphatic heterocycles. The Balaban J connectivity index is 2.07. The van der Waals surface area contributed by atoms with Crippen molar-refractivity contribution in [3.05, 3.63) is 35.6 Å². The molecule has 3 nitrogen and oxygen atoms in total. The number of ether oxygens (including phenoxy) is 1. The zero-order chi connectivity index (χ0) is 14.8. The van der Waals surface area contributed by atoms with Crippen LogP contribution in [0.25, 0.3) is 0 Å². The van der Waals surface area contributed by atoms with E-state index in [2.05, 4.69) is 5.32 Å². The molecule has 2 atom stereocenters. The van der Waals surface area contributed by atoms with Gasteiger partial charge in [0, 0.05) is 12.1 Å². The van der Waals surface area contributed by atoms with E-state index in [0.29, 0.717) is 6.61 Å². The van der Waals surface area contributed by atoms with Crippen LogP contribution in [0, 0.1) is 11.2 Å². The van der Waals surface area contributed by atoms with Crippen LogP contribution in [0.1, 0.15) is 45.2 Å². The summed E-state index contributed by atoms with van der Waals surface area (Å²) in [6.45, 7) is 6.00. The summed E-state index contributed by atoms with van der Waals surface area (Å²) < 4.78 is 18.4. The minimum atomic E-state index is -0.571. The van der Waals surface area contributed by atoms with E-state index in [9.17, 15) is 9.18 Å². The number of carbonyl (C=O) groups excluding carboxylic acids is 1. The highest BCUT2D eigenvalue weighted by molar-refractivity contribution is 5.77. The Kier molecular flexibility index (Phi) is 4.43. The standard InChI is InChI=1S/C16H22FNO2/c1-4-20-15(19)16(2,3)14-9-8-13(18-14)11-6-5-7-12(17)10-11/h5-7,10,13-14,18H,4,8-9H2,1-3H3/t13-,14+/m0/s1. The van der Waals surface area contributed by atoms with E-state index in [-0.39, 0.29) is 23.9 Å². The van der Waals surface area contributed by atoms with Gasteiger partial charge in [-0.15, -0.1) is 0 Å². The number of hydrogen-bond acceptors (Lipinski definition) is 3. The zero-order valence-corrected chi connectivity index (χ0v) is 12.3. The lowest BCUT2D eigenvalue weighted by Crippen LogP contribution is -2.44. The second-order valence-electron chi connectivity index (χ2n) is 5.85. The van der Waals surface area contributed by atoms with Crippen molar-refractivity contribution in [2.75, 3.05) is 6.61 Å². The van der Waals surface area contributed by atoms with Crippen molar-refractivity contribution in [1.29, 1.82) is 0 Å². The Bertz CT molecular complexity index is 487. The van der Waals surface area contributed by atoms with E-state index in [1.54, 1.807) is 12.1 Å². The summed E-state index contributed by atoms with van der Waals surface area (Å²) in [5, 5.41) is 3.45. The Morgan fingerprint density at radius 1 is 1.45 bits per heavy atom. The molecule has 1 saturated heterocycles. The SMILES string of the molecule is CCOC(=O)C(C)(C)[C@H]1CC[C@@H](c2cccc(F)c2)N1. The highest BCUT2D eigenvalue weighted by atomic mass is 19.1. The smallest absolute Gasteiger partial charge is 0.313 e. The molecule has 4 heteroatoms. The first-order valence-electron chi connectivity index (χ1n) is 7.14. The maximum atomic E-state index is 13.3. The summed E-state index contributed by atoms with van der Waals surface area (Å²) in [7, 11) is 0. The fraction of sp³-hybridized carbons (Fsp3) is 0.562. The van der Waals surface area contributed by atoms with Crippen LogP contribution in [0.4, 0.5) is 4.39 Å². The first-order chi connectivity index (χ1) is 9.45. The number of nitrogens with one attached hydrogen (secondary N) is 1. The fourth-order valence-corrected chi connectivity index (χ4v) is 2.76. The molecular formula is C16H22FNO2. The van der Waals surface area contributed by atoms with Crippen molar-refractivity contribution in [1.82, 2.24) is 5.32 Å². The molecule has 1 fully saturated rings. The third-order valence-electron chi connectivity index (χ3n) is 4.07. The molecule has 1 heterocycles. The second-order valence-corrected chi connectivity index (χ2v) is 5.85. The summed E-state index contributed by atoms with van der Waals surface area (Å²) in [6, 6.07) is 6.78. The van der Waals surface area contributed by atoms with Gasteiger partial charge in [-0.25, -0.2) is 4.39 Å². The molecule has 1 aliphatic rings. The Labute approximate surface area is 119 Å². The summed E-state index contributed by atoms with van der Waals surface area (Å²) in [5.41, 5.74) is 0.366. The highest BCUT2D eigenvalue weighted by Gasteiger charge is 2.42. The normalized spacial score (nSPS) is 22.8. The first kappa shape index (κ1) is 15.0. The van der Waals surface area contributed by atoms with Crippen molar-refractivity contribution in [3.8, 4) is 0 Å². The van der Waals surface area contributed by atoms with E-state index >= 15 is 0 Å². The highest BCUT2D eigenvalue weighted by Crippen LogP contribution is 2.36. The molecule has 0 bridgehead atoms. The maximum absolute atomic E-state index is 13.3. The van der Waals surface area contributed by atoms with Gasteiger partial charge in [-0.2, -0.15) is 0 Å². The molecular weight excluding hydrogens is 257 g/mol. The van der Waals surface area contributed by atoms with Gasteiger partial charge in [0.15, 0.2) is 0 Å². The molecule has 1 N–H and O–H groups in total. The van der Waals surface area contributed by atoms with Crippen molar-refractivity contribution in [2.45, 2.75) is 45.7 Å². The quantitative estimate of drug-likeness (QED) is 0.860. The Morgan fingerprint density at radius 2 is 2.20 bits per heavy atom. The Morgan fingerprint density at radius 3 is 2.85 bits per heavy atom. The third-order valence-corrected chi connectivity index (χ3v) is 4.07. The van der Waals surface area contributed by atoms with Gasteiger partial charge in [0.2, 0.25) is 0 Å². The maximum Gasteiger partial charge on any atom is 0.313 e. The first-order valence-corrected chi connectivity index (χ1v) is 7.14. The number of esters is 1. The third kappa shape index (κ3) is 3.01. The van der Waals surface area contributed by atoms with Crippen LogP contribution >= 0.6 is 0 Å². The number of rotatable bonds is 4. The number of benzene rings is 1. The van der Waals surface area contributed by atoms with Crippen molar-refractivity contribution < 1.29 is 13.9 Å². The molecule has 0 aliphatic carbocycles. The van der Waals surface area contributed by atoms with Crippen LogP contribution in [0.2, 0.25) is 0 Å². The summed E-state index contributed by atoms with van der Waals surface area (Å²) >= 11 is 0. The van der Waals surface area contributed by atoms with Gasteiger partial charge in [-0.1, -0.05) is 12.1 Å². The summed E-state index contributed by atoms with van der Waals surface area (Å²) in [5.74, 6) is -0.408. The minimum Gasteiger partial charge on any atom is -0.466 e. The van der Waals surface area contributed by atoms with Crippen molar-refractivity contribution in [2.24, 2.45) is 5.41 Å². The summed E-state index contributed by atoms with van der Waals surface area (Å²) in [6.07, 6.45) is 1.78. The van der Waals surface area contributed by atoms with Gasteiger partial charge in [-0.05, 0) is 51.3 Å². The molecule has 1 aromatic rings. The largest absolute Gasteiger partial charge is 0.466 e. The van der Waals surface area contributed by atoms with Crippen molar-refractivity contribution >= 4 is 5.97 Å². The van der Waals surface area contributed by atoms with E-state index < -0.39 is 5.41 Å². The van der Waals surface area contributed by atoms with Gasteiger partial charge in [0.1, 0.15) is 5.82 Å². The van der Waals surface area contributed by atoms with Crippen LogP contribution in [-0.2, 0) is 9.53 Å². The van der Waals surface area contributed by atoms with Gasteiger partial charge < -0.3 is 10.1 Å². The average Bonchev–Trinajstić information content (AvgIpc) is 2.89. The topological polar surface area (TPSA) is 38.3 Å². The van der Waals surface area contributed by atoms with Gasteiger partial charge >= 0.3 is 5.97 Å². The van der Waals surface area contributed by atoms with Crippen LogP contribution in [0.5, 0.6) is 0 Å². The fourth-order valence-electron chi connectivity index (χ4n) is 2.76. The molecule has 0 aromatic heterocycles. The zero-order valence-electron chi connectivity index (χ0n) is 12.3. The van der Waals surface area contributed by atoms with E-state index in [4.69, 9.17) is 4.74 Å². The van der Waals surface area contributed by atoms with E-state index in [0.717, 1.165) is 18.4 Å². The molecule has 20 heavy (non-hydrogen) atoms. The molecule has 0 amide bonds. The number of carbonyl (C=O) groups is 1. The van der Waals surface area contributed by atoms with Crippen LogP contribution < -0.4 is 5.32 Å². The van der Waals surface area contributed by atoms with Crippen LogP contribution in [-0.4, -0.2) is 18.6 Å². The lowest BCUT2D eigenvalue weighted by Gasteiger charge is -2.30. The lowest BCUT2D eigenvalue weighted by molar-refractivity contribution is -0.155. The predicted octanol–water partition coefficient (Wildman–Crippen LogP) is 3.21. The van der Waals surface area contributed by atoms with Crippen LogP contribution in [0.3, 0.4) is 0 Å². The molecule has 2 rings (SSSR count). The van der Waals surface area contributed by atoms with E-state index in [1.807, 2.05) is 26.8 Å². The lowest BCUT2D eigenvalue weighted by atomic mass is 9.83. The predicted molar refractivity (Wildman–Crippen MR) is 75.7 cm³/mol. The molecule has 1 aromatic carbocycles. The minimum absolute atomic E-state index is 0.0508. The van der Waals surface area contributed by atoms with Crippen molar-refractivity contribution in [3.63, 3.8) is 0 Å². The molecule has 0 radical (unpaired) electrons. The molecule has 0 unspecified atom stereocenters. The Hall–Kier alpha value is -1.42. The second kappa shape index (κ2) is 5.92. The monoisotopic (exact) mass is 279 g/mol. The van der Waals surface area contributed by atoms with Gasteiger partial charge in [0.05, 0.1) is 12.0 Å². The number of halogens is 1. The summed E-state index contributed by atoms with van der Waals surface area (Å²) in [4.78, 5) is 12.0. The van der Waals surface area contributed by atoms with Gasteiger partial charge in [-0.3, -0.25) is 4.79 Å². The van der Waals surface area contributed by atoms with Crippen LogP contribution in [0.15, 0.2) is 24.3 Å².